The van der Waals surface area contributed by atoms with Crippen LogP contribution in [0.2, 0.25) is 0 Å². The monoisotopic (exact) mass is 520 g/mol. The van der Waals surface area contributed by atoms with Gasteiger partial charge in [-0.05, 0) is 49.8 Å². The third kappa shape index (κ3) is 7.99. The molecule has 2 atom stereocenters. The van der Waals surface area contributed by atoms with Gasteiger partial charge in [0.2, 0.25) is 0 Å². The average molecular weight is 520 g/mol. The summed E-state index contributed by atoms with van der Waals surface area (Å²) in [7, 11) is 0. The molecule has 3 N–H and O–H groups in total. The molecule has 2 unspecified atom stereocenters. The molecule has 6 nitrogen and oxygen atoms in total. The quantitative estimate of drug-likeness (QED) is 0.293. The molecule has 0 saturated carbocycles. The SMILES string of the molecule is CCNC(=NCC(O)c1ccc(F)cc1)NC1CCN(CC2CCOC2)CC1.I. The maximum Gasteiger partial charge on any atom is 0.191 e. The lowest BCUT2D eigenvalue weighted by Gasteiger charge is -2.34. The summed E-state index contributed by atoms with van der Waals surface area (Å²) in [5, 5.41) is 17.1. The lowest BCUT2D eigenvalue weighted by Crippen LogP contribution is -2.49. The molecule has 29 heavy (non-hydrogen) atoms. The number of nitrogens with one attached hydrogen (secondary N) is 2. The van der Waals surface area contributed by atoms with Gasteiger partial charge in [-0.25, -0.2) is 4.39 Å². The number of aliphatic hydroxyl groups is 1. The van der Waals surface area contributed by atoms with Crippen LogP contribution in [-0.2, 0) is 4.74 Å². The molecular formula is C21H34FIN4O2. The van der Waals surface area contributed by atoms with E-state index in [1.165, 1.54) is 18.6 Å². The van der Waals surface area contributed by atoms with Crippen LogP contribution in [0.1, 0.15) is 37.9 Å². The molecule has 2 aliphatic rings. The first-order valence-corrected chi connectivity index (χ1v) is 10.4. The van der Waals surface area contributed by atoms with Crippen LogP contribution >= 0.6 is 24.0 Å². The molecule has 0 amide bonds. The van der Waals surface area contributed by atoms with Gasteiger partial charge in [0.1, 0.15) is 5.82 Å². The summed E-state index contributed by atoms with van der Waals surface area (Å²) >= 11 is 0. The van der Waals surface area contributed by atoms with Gasteiger partial charge in [-0.2, -0.15) is 0 Å². The predicted molar refractivity (Wildman–Crippen MR) is 124 cm³/mol. The molecule has 0 bridgehead atoms. The van der Waals surface area contributed by atoms with E-state index >= 15 is 0 Å². The van der Waals surface area contributed by atoms with Crippen LogP contribution in [0.5, 0.6) is 0 Å². The van der Waals surface area contributed by atoms with Gasteiger partial charge in [-0.1, -0.05) is 12.1 Å². The molecule has 3 rings (SSSR count). The third-order valence-corrected chi connectivity index (χ3v) is 5.49. The van der Waals surface area contributed by atoms with E-state index in [0.717, 1.165) is 58.2 Å². The lowest BCUT2D eigenvalue weighted by molar-refractivity contribution is 0.150. The Morgan fingerprint density at radius 2 is 2.00 bits per heavy atom. The van der Waals surface area contributed by atoms with Gasteiger partial charge in [-0.3, -0.25) is 4.99 Å². The highest BCUT2D eigenvalue weighted by atomic mass is 127. The second-order valence-electron chi connectivity index (χ2n) is 7.74. The summed E-state index contributed by atoms with van der Waals surface area (Å²) in [5.74, 6) is 1.11. The Morgan fingerprint density at radius 1 is 1.28 bits per heavy atom. The highest BCUT2D eigenvalue weighted by Crippen LogP contribution is 2.18. The van der Waals surface area contributed by atoms with Crippen molar-refractivity contribution < 1.29 is 14.2 Å². The molecular weight excluding hydrogens is 486 g/mol. The van der Waals surface area contributed by atoms with Crippen LogP contribution in [0, 0.1) is 11.7 Å². The number of guanidine groups is 1. The Bertz CT molecular complexity index is 618. The highest BCUT2D eigenvalue weighted by molar-refractivity contribution is 14.0. The van der Waals surface area contributed by atoms with Crippen LogP contribution < -0.4 is 10.6 Å². The van der Waals surface area contributed by atoms with E-state index < -0.39 is 6.10 Å². The number of likely N-dealkylation sites (tertiary alicyclic amines) is 1. The van der Waals surface area contributed by atoms with E-state index in [1.807, 2.05) is 6.92 Å². The summed E-state index contributed by atoms with van der Waals surface area (Å²) in [4.78, 5) is 7.07. The Hall–Kier alpha value is -0.970. The van der Waals surface area contributed by atoms with Crippen LogP contribution in [0.25, 0.3) is 0 Å². The highest BCUT2D eigenvalue weighted by Gasteiger charge is 2.24. The van der Waals surface area contributed by atoms with E-state index in [2.05, 4.69) is 20.5 Å². The Labute approximate surface area is 190 Å². The van der Waals surface area contributed by atoms with Crippen LogP contribution in [0.15, 0.2) is 29.3 Å². The van der Waals surface area contributed by atoms with Crippen molar-refractivity contribution in [3.05, 3.63) is 35.6 Å². The minimum Gasteiger partial charge on any atom is -0.386 e. The molecule has 0 aromatic heterocycles. The van der Waals surface area contributed by atoms with Crippen LogP contribution in [0.3, 0.4) is 0 Å². The zero-order valence-electron chi connectivity index (χ0n) is 17.1. The Balaban J connectivity index is 0.00000300. The molecule has 1 aromatic carbocycles. The maximum absolute atomic E-state index is 13.0. The normalized spacial score (nSPS) is 22.2. The number of benzene rings is 1. The second-order valence-corrected chi connectivity index (χ2v) is 7.74. The summed E-state index contributed by atoms with van der Waals surface area (Å²) in [5.41, 5.74) is 0.671. The van der Waals surface area contributed by atoms with Gasteiger partial charge in [0, 0.05) is 38.8 Å². The summed E-state index contributed by atoms with van der Waals surface area (Å²) < 4.78 is 18.5. The van der Waals surface area contributed by atoms with Crippen molar-refractivity contribution in [3.63, 3.8) is 0 Å². The fourth-order valence-corrected chi connectivity index (χ4v) is 3.83. The van der Waals surface area contributed by atoms with Crippen molar-refractivity contribution in [2.45, 2.75) is 38.3 Å². The number of aliphatic imine (C=N–C) groups is 1. The Kier molecular flexibility index (Phi) is 10.6. The number of piperidine rings is 1. The first kappa shape index (κ1) is 24.3. The van der Waals surface area contributed by atoms with E-state index in [0.29, 0.717) is 17.5 Å². The molecule has 164 valence electrons. The first-order valence-electron chi connectivity index (χ1n) is 10.4. The largest absolute Gasteiger partial charge is 0.386 e. The predicted octanol–water partition coefficient (Wildman–Crippen LogP) is 2.53. The van der Waals surface area contributed by atoms with Gasteiger partial charge in [0.05, 0.1) is 19.3 Å². The molecule has 1 aromatic rings. The summed E-state index contributed by atoms with van der Waals surface area (Å²) in [6.45, 7) is 8.17. The number of rotatable bonds is 7. The maximum atomic E-state index is 13.0. The average Bonchev–Trinajstić information content (AvgIpc) is 3.21. The van der Waals surface area contributed by atoms with Gasteiger partial charge >= 0.3 is 0 Å². The topological polar surface area (TPSA) is 69.1 Å². The van der Waals surface area contributed by atoms with Crippen molar-refractivity contribution in [1.82, 2.24) is 15.5 Å². The fourth-order valence-electron chi connectivity index (χ4n) is 3.83. The van der Waals surface area contributed by atoms with E-state index in [-0.39, 0.29) is 36.3 Å². The number of ether oxygens (including phenoxy) is 1. The van der Waals surface area contributed by atoms with Crippen LogP contribution in [0.4, 0.5) is 4.39 Å². The molecule has 0 radical (unpaired) electrons. The summed E-state index contributed by atoms with van der Waals surface area (Å²) in [6.07, 6.45) is 2.61. The molecule has 2 saturated heterocycles. The van der Waals surface area contributed by atoms with Crippen molar-refractivity contribution in [2.75, 3.05) is 45.9 Å². The van der Waals surface area contributed by atoms with Gasteiger partial charge in [0.15, 0.2) is 5.96 Å². The molecule has 0 aliphatic carbocycles. The minimum absolute atomic E-state index is 0. The zero-order valence-corrected chi connectivity index (χ0v) is 19.5. The van der Waals surface area contributed by atoms with Gasteiger partial charge in [0.25, 0.3) is 0 Å². The lowest BCUT2D eigenvalue weighted by atomic mass is 10.0. The van der Waals surface area contributed by atoms with Crippen molar-refractivity contribution in [2.24, 2.45) is 10.9 Å². The molecule has 2 aliphatic heterocycles. The van der Waals surface area contributed by atoms with Crippen molar-refractivity contribution in [1.29, 1.82) is 0 Å². The smallest absolute Gasteiger partial charge is 0.191 e. The van der Waals surface area contributed by atoms with Crippen LogP contribution in [-0.4, -0.2) is 67.9 Å². The number of nitrogens with zero attached hydrogens (tertiary/aromatic N) is 2. The minimum atomic E-state index is -0.744. The molecule has 2 fully saturated rings. The van der Waals surface area contributed by atoms with Gasteiger partial charge < -0.3 is 25.4 Å². The summed E-state index contributed by atoms with van der Waals surface area (Å²) in [6, 6.07) is 6.30. The van der Waals surface area contributed by atoms with E-state index in [1.54, 1.807) is 12.1 Å². The zero-order chi connectivity index (χ0) is 19.8. The second kappa shape index (κ2) is 12.7. The van der Waals surface area contributed by atoms with Gasteiger partial charge in [-0.15, -0.1) is 24.0 Å². The molecule has 8 heteroatoms. The van der Waals surface area contributed by atoms with E-state index in [9.17, 15) is 9.50 Å². The van der Waals surface area contributed by atoms with Crippen molar-refractivity contribution in [3.8, 4) is 0 Å². The number of hydrogen-bond donors (Lipinski definition) is 3. The number of hydrogen-bond acceptors (Lipinski definition) is 4. The molecule has 0 spiro atoms. The number of halogens is 2. The number of aliphatic hydroxyl groups excluding tert-OH is 1. The van der Waals surface area contributed by atoms with E-state index in [4.69, 9.17) is 4.74 Å². The Morgan fingerprint density at radius 3 is 2.62 bits per heavy atom. The fraction of sp³-hybridized carbons (Fsp3) is 0.667. The standard InChI is InChI=1S/C21H33FN4O2.HI/c1-2-23-21(24-13-20(27)17-3-5-18(22)6-4-17)25-19-7-10-26(11-8-19)14-16-9-12-28-15-16;/h3-6,16,19-20,27H,2,7-15H2,1H3,(H2,23,24,25);1H. The third-order valence-electron chi connectivity index (χ3n) is 5.49. The molecule has 2 heterocycles. The first-order chi connectivity index (χ1) is 13.6. The van der Waals surface area contributed by atoms with Crippen molar-refractivity contribution >= 4 is 29.9 Å².